The zero-order valence-corrected chi connectivity index (χ0v) is 12.7. The first kappa shape index (κ1) is 15.6. The van der Waals surface area contributed by atoms with E-state index in [2.05, 4.69) is 16.4 Å². The van der Waals surface area contributed by atoms with Gasteiger partial charge >= 0.3 is 0 Å². The maximum atomic E-state index is 11.8. The maximum absolute atomic E-state index is 11.8. The Morgan fingerprint density at radius 1 is 1.58 bits per heavy atom. The van der Waals surface area contributed by atoms with Gasteiger partial charge in [0, 0.05) is 12.4 Å². The highest BCUT2D eigenvalue weighted by Crippen LogP contribution is 2.33. The molecule has 0 amide bonds. The molecule has 0 bridgehead atoms. The van der Waals surface area contributed by atoms with Crippen molar-refractivity contribution >= 4 is 41.1 Å². The first-order valence-electron chi connectivity index (χ1n) is 5.42. The highest BCUT2D eigenvalue weighted by Gasteiger charge is 2.13. The van der Waals surface area contributed by atoms with Gasteiger partial charge in [-0.25, -0.2) is 4.21 Å². The molecule has 1 aromatic heterocycles. The van der Waals surface area contributed by atoms with Gasteiger partial charge in [0.05, 0.1) is 24.6 Å². The lowest BCUT2D eigenvalue weighted by atomic mass is 10.2. The molecule has 19 heavy (non-hydrogen) atoms. The summed E-state index contributed by atoms with van der Waals surface area (Å²) in [7, 11) is 2.20. The number of methoxy groups -OCH3 is 1. The van der Waals surface area contributed by atoms with Crippen LogP contribution in [0.1, 0.15) is 0 Å². The minimum Gasteiger partial charge on any atom is -0.494 e. The molecule has 0 radical (unpaired) electrons. The van der Waals surface area contributed by atoms with Gasteiger partial charge in [-0.05, 0) is 12.1 Å². The van der Waals surface area contributed by atoms with Gasteiger partial charge in [0.1, 0.15) is 22.4 Å². The van der Waals surface area contributed by atoms with Crippen LogP contribution < -0.4 is 9.46 Å². The van der Waals surface area contributed by atoms with Crippen molar-refractivity contribution < 1.29 is 8.95 Å². The molecule has 5 nitrogen and oxygen atoms in total. The summed E-state index contributed by atoms with van der Waals surface area (Å²) < 4.78 is 21.8. The number of fused-ring (bicyclic) bond motifs is 1. The van der Waals surface area contributed by atoms with Crippen LogP contribution in [-0.4, -0.2) is 26.9 Å². The highest BCUT2D eigenvalue weighted by molar-refractivity contribution is 7.86. The third-order valence-electron chi connectivity index (χ3n) is 2.57. The Balaban J connectivity index is 0.00000180. The van der Waals surface area contributed by atoms with E-state index in [0.29, 0.717) is 17.2 Å². The van der Waals surface area contributed by atoms with Crippen molar-refractivity contribution in [3.05, 3.63) is 31.0 Å². The maximum Gasteiger partial charge on any atom is 0.145 e. The summed E-state index contributed by atoms with van der Waals surface area (Å²) >= 11 is 0. The van der Waals surface area contributed by atoms with Crippen molar-refractivity contribution in [2.75, 3.05) is 17.6 Å². The van der Waals surface area contributed by atoms with Crippen LogP contribution in [0.25, 0.3) is 10.9 Å². The van der Waals surface area contributed by atoms with E-state index < -0.39 is 11.0 Å². The molecule has 1 heterocycles. The zero-order chi connectivity index (χ0) is 13.1. The van der Waals surface area contributed by atoms with E-state index in [4.69, 9.17) is 4.74 Å². The fourth-order valence-corrected chi connectivity index (χ4v) is 2.50. The molecule has 0 aliphatic heterocycles. The first-order valence-corrected chi connectivity index (χ1v) is 6.74. The van der Waals surface area contributed by atoms with Gasteiger partial charge in [-0.1, -0.05) is 6.08 Å². The molecule has 1 aromatic carbocycles. The van der Waals surface area contributed by atoms with Gasteiger partial charge in [-0.15, -0.1) is 6.58 Å². The number of rotatable bonds is 5. The molecule has 1 N–H and O–H groups in total. The van der Waals surface area contributed by atoms with E-state index in [-0.39, 0.29) is 13.5 Å². The van der Waals surface area contributed by atoms with Gasteiger partial charge < -0.3 is 4.74 Å². The highest BCUT2D eigenvalue weighted by atomic mass is 32.2. The van der Waals surface area contributed by atoms with Crippen LogP contribution in [-0.2, 0) is 18.0 Å². The molecule has 0 saturated carbocycles. The second-order valence-electron chi connectivity index (χ2n) is 3.75. The number of ether oxygens (including phenoxy) is 1. The Morgan fingerprint density at radius 3 is 2.95 bits per heavy atom. The van der Waals surface area contributed by atoms with Crippen molar-refractivity contribution in [1.82, 2.24) is 9.78 Å². The lowest BCUT2D eigenvalue weighted by Gasteiger charge is -2.12. The second-order valence-corrected chi connectivity index (χ2v) is 4.98. The Labute approximate surface area is 121 Å². The van der Waals surface area contributed by atoms with Crippen molar-refractivity contribution in [3.8, 4) is 5.75 Å². The Bertz CT molecular complexity index is 610. The van der Waals surface area contributed by atoms with Crippen LogP contribution in [0.4, 0.5) is 5.69 Å². The molecule has 104 valence electrons. The molecule has 7 heteroatoms. The van der Waals surface area contributed by atoms with Crippen molar-refractivity contribution in [1.29, 1.82) is 0 Å². The molecular weight excluding hydrogens is 282 g/mol. The summed E-state index contributed by atoms with van der Waals surface area (Å²) in [6.45, 7) is 3.57. The Morgan fingerprint density at radius 2 is 2.32 bits per heavy atom. The number of aryl methyl sites for hydroxylation is 1. The van der Waals surface area contributed by atoms with Crippen LogP contribution in [0, 0.1) is 0 Å². The number of aromatic nitrogens is 2. The number of hydrogen-bond acceptors (Lipinski definition) is 3. The average molecular weight is 299 g/mol. The number of nitrogens with one attached hydrogen (secondary N) is 1. The number of benzene rings is 1. The normalized spacial score (nSPS) is 11.7. The fourth-order valence-electron chi connectivity index (χ4n) is 1.78. The van der Waals surface area contributed by atoms with Gasteiger partial charge in [-0.3, -0.25) is 9.40 Å². The minimum absolute atomic E-state index is 0. The standard InChI is InChI=1S/C12H15N3O2S.H2S/c1-4-7-18(16)14-11-10(17-3)6-5-9-8-13-15(2)12(9)11;/h4-6,8,14H,1,7H2,2-3H3;1H2. The summed E-state index contributed by atoms with van der Waals surface area (Å²) in [4.78, 5) is 0. The monoisotopic (exact) mass is 299 g/mol. The molecular formula is C12H17N3O2S2. The average Bonchev–Trinajstić information content (AvgIpc) is 2.72. The van der Waals surface area contributed by atoms with Crippen LogP contribution in [0.3, 0.4) is 0 Å². The molecule has 0 spiro atoms. The second kappa shape index (κ2) is 6.63. The fraction of sp³-hybridized carbons (Fsp3) is 0.250. The first-order chi connectivity index (χ1) is 8.67. The van der Waals surface area contributed by atoms with Crippen molar-refractivity contribution in [2.45, 2.75) is 0 Å². The predicted molar refractivity (Wildman–Crippen MR) is 84.5 cm³/mol. The van der Waals surface area contributed by atoms with Gasteiger partial charge in [0.15, 0.2) is 0 Å². The van der Waals surface area contributed by atoms with Crippen LogP contribution >= 0.6 is 13.5 Å². The Kier molecular flexibility index (Phi) is 5.44. The molecule has 2 aromatic rings. The molecule has 1 atom stereocenters. The van der Waals surface area contributed by atoms with Crippen molar-refractivity contribution in [2.24, 2.45) is 7.05 Å². The largest absolute Gasteiger partial charge is 0.494 e. The lowest BCUT2D eigenvalue weighted by molar-refractivity contribution is 0.417. The van der Waals surface area contributed by atoms with Crippen LogP contribution in [0.2, 0.25) is 0 Å². The summed E-state index contributed by atoms with van der Waals surface area (Å²) in [6.07, 6.45) is 3.37. The minimum atomic E-state index is -1.22. The van der Waals surface area contributed by atoms with Gasteiger partial charge in [-0.2, -0.15) is 18.6 Å². The summed E-state index contributed by atoms with van der Waals surface area (Å²) in [6, 6.07) is 3.75. The topological polar surface area (TPSA) is 56.1 Å². The third kappa shape index (κ3) is 3.10. The van der Waals surface area contributed by atoms with Crippen LogP contribution in [0.5, 0.6) is 5.75 Å². The molecule has 2 rings (SSSR count). The molecule has 0 aliphatic rings. The van der Waals surface area contributed by atoms with E-state index in [0.717, 1.165) is 10.9 Å². The quantitative estimate of drug-likeness (QED) is 0.859. The van der Waals surface area contributed by atoms with E-state index in [1.165, 1.54) is 0 Å². The summed E-state index contributed by atoms with van der Waals surface area (Å²) in [5.41, 5.74) is 1.56. The summed E-state index contributed by atoms with van der Waals surface area (Å²) in [5, 5.41) is 5.16. The smallest absolute Gasteiger partial charge is 0.145 e. The third-order valence-corrected chi connectivity index (χ3v) is 3.54. The SMILES string of the molecule is C=CCS(=O)Nc1c(OC)ccc2cnn(C)c12.S. The molecule has 1 unspecified atom stereocenters. The summed E-state index contributed by atoms with van der Waals surface area (Å²) in [5.74, 6) is 1.01. The van der Waals surface area contributed by atoms with E-state index in [1.54, 1.807) is 24.1 Å². The van der Waals surface area contributed by atoms with Crippen LogP contribution in [0.15, 0.2) is 31.0 Å². The van der Waals surface area contributed by atoms with E-state index in [9.17, 15) is 4.21 Å². The molecule has 0 aliphatic carbocycles. The number of anilines is 1. The van der Waals surface area contributed by atoms with Gasteiger partial charge in [0.2, 0.25) is 0 Å². The van der Waals surface area contributed by atoms with Gasteiger partial charge in [0.25, 0.3) is 0 Å². The number of nitrogens with zero attached hydrogens (tertiary/aromatic N) is 2. The van der Waals surface area contributed by atoms with E-state index >= 15 is 0 Å². The predicted octanol–water partition coefficient (Wildman–Crippen LogP) is 1.96. The molecule has 0 fully saturated rings. The number of hydrogen-bond donors (Lipinski definition) is 1. The lowest BCUT2D eigenvalue weighted by Crippen LogP contribution is -2.09. The zero-order valence-electron chi connectivity index (χ0n) is 10.8. The Hall–Kier alpha value is -1.47. The van der Waals surface area contributed by atoms with Crippen molar-refractivity contribution in [3.63, 3.8) is 0 Å². The molecule has 0 saturated heterocycles. The van der Waals surface area contributed by atoms with E-state index in [1.807, 2.05) is 19.2 Å².